The first-order valence-electron chi connectivity index (χ1n) is 8.72. The Kier molecular flexibility index (Phi) is 4.62. The van der Waals surface area contributed by atoms with Crippen molar-refractivity contribution >= 4 is 0 Å². The molecule has 0 aliphatic carbocycles. The van der Waals surface area contributed by atoms with E-state index < -0.39 is 0 Å². The van der Waals surface area contributed by atoms with Gasteiger partial charge in [0, 0.05) is 56.1 Å². The maximum absolute atomic E-state index is 6.08. The second-order valence-corrected chi connectivity index (χ2v) is 7.20. The van der Waals surface area contributed by atoms with Crippen molar-refractivity contribution in [3.63, 3.8) is 0 Å². The van der Waals surface area contributed by atoms with Crippen LogP contribution in [-0.2, 0) is 20.8 Å². The maximum Gasteiger partial charge on any atom is 0.0718 e. The summed E-state index contributed by atoms with van der Waals surface area (Å²) in [5.41, 5.74) is 1.37. The lowest BCUT2D eigenvalue weighted by Gasteiger charge is -2.33. The number of hydrogen-bond donors (Lipinski definition) is 0. The van der Waals surface area contributed by atoms with Crippen LogP contribution in [0.1, 0.15) is 18.4 Å². The number of pyridine rings is 1. The minimum absolute atomic E-state index is 0.186. The fraction of sp³-hybridized carbons (Fsp3) is 0.722. The van der Waals surface area contributed by atoms with Crippen molar-refractivity contribution in [2.75, 3.05) is 46.1 Å². The van der Waals surface area contributed by atoms with Gasteiger partial charge in [0.1, 0.15) is 0 Å². The normalized spacial score (nSPS) is 32.3. The first kappa shape index (κ1) is 15.5. The molecule has 0 N–H and O–H groups in total. The van der Waals surface area contributed by atoms with Crippen LogP contribution in [0, 0.1) is 11.3 Å². The van der Waals surface area contributed by atoms with E-state index in [1.54, 1.807) is 0 Å². The van der Waals surface area contributed by atoms with Gasteiger partial charge in [0.2, 0.25) is 0 Å². The summed E-state index contributed by atoms with van der Waals surface area (Å²) in [5, 5.41) is 0. The van der Waals surface area contributed by atoms with Gasteiger partial charge in [0.25, 0.3) is 0 Å². The number of fused-ring (bicyclic) bond motifs is 1. The van der Waals surface area contributed by atoms with Crippen LogP contribution >= 0.6 is 0 Å². The molecule has 3 aliphatic heterocycles. The van der Waals surface area contributed by atoms with Crippen molar-refractivity contribution in [3.8, 4) is 0 Å². The molecule has 0 amide bonds. The fourth-order valence-corrected chi connectivity index (χ4v) is 4.26. The van der Waals surface area contributed by atoms with Crippen LogP contribution in [0.3, 0.4) is 0 Å². The van der Waals surface area contributed by atoms with E-state index in [2.05, 4.69) is 9.88 Å². The molecular weight excluding hydrogens is 292 g/mol. The number of hydrogen-bond acceptors (Lipinski definition) is 5. The number of rotatable bonds is 5. The summed E-state index contributed by atoms with van der Waals surface area (Å²) in [6, 6.07) is 4.72. The topological polar surface area (TPSA) is 43.8 Å². The zero-order valence-corrected chi connectivity index (χ0v) is 13.7. The van der Waals surface area contributed by atoms with Crippen LogP contribution in [0.5, 0.6) is 0 Å². The zero-order valence-electron chi connectivity index (χ0n) is 13.7. The summed E-state index contributed by atoms with van der Waals surface area (Å²) in [5.74, 6) is 0.614. The second-order valence-electron chi connectivity index (χ2n) is 7.20. The molecule has 5 heteroatoms. The highest BCUT2D eigenvalue weighted by atomic mass is 16.5. The highest BCUT2D eigenvalue weighted by Gasteiger charge is 2.52. The van der Waals surface area contributed by atoms with Crippen LogP contribution in [0.4, 0.5) is 0 Å². The van der Waals surface area contributed by atoms with Gasteiger partial charge in [-0.2, -0.15) is 0 Å². The van der Waals surface area contributed by atoms with E-state index >= 15 is 0 Å². The summed E-state index contributed by atoms with van der Waals surface area (Å²) in [6.07, 6.45) is 5.98. The molecule has 0 spiro atoms. The predicted octanol–water partition coefficient (Wildman–Crippen LogP) is 1.73. The Morgan fingerprint density at radius 3 is 2.87 bits per heavy atom. The quantitative estimate of drug-likeness (QED) is 0.827. The molecule has 0 unspecified atom stereocenters. The number of nitrogens with zero attached hydrogens (tertiary/aromatic N) is 2. The first-order valence-corrected chi connectivity index (χ1v) is 8.72. The molecule has 4 rings (SSSR count). The molecular formula is C18H26N2O3. The van der Waals surface area contributed by atoms with Crippen molar-refractivity contribution in [3.05, 3.63) is 30.1 Å². The molecule has 4 heterocycles. The van der Waals surface area contributed by atoms with Crippen LogP contribution in [0.2, 0.25) is 0 Å². The third kappa shape index (κ3) is 3.29. The first-order chi connectivity index (χ1) is 11.4. The minimum Gasteiger partial charge on any atom is -0.381 e. The summed E-state index contributed by atoms with van der Waals surface area (Å²) in [7, 11) is 0. The standard InChI is InChI=1S/C18H26N2O3/c1-5-19-6-2-15(1)10-22-13-18-12-20(9-16(18)11-23-14-18)17-3-7-21-8-4-17/h1-2,5-6,16-17H,3-4,7-14H2/t16-,18-/m0/s1. The third-order valence-corrected chi connectivity index (χ3v) is 5.66. The number of ether oxygens (including phenoxy) is 3. The lowest BCUT2D eigenvalue weighted by molar-refractivity contribution is 0.00347. The van der Waals surface area contributed by atoms with E-state index in [0.29, 0.717) is 18.6 Å². The summed E-state index contributed by atoms with van der Waals surface area (Å²) >= 11 is 0. The molecule has 2 atom stereocenters. The van der Waals surface area contributed by atoms with Crippen molar-refractivity contribution in [2.24, 2.45) is 11.3 Å². The molecule has 1 aromatic heterocycles. The monoisotopic (exact) mass is 318 g/mol. The van der Waals surface area contributed by atoms with Gasteiger partial charge in [0.15, 0.2) is 0 Å². The highest BCUT2D eigenvalue weighted by molar-refractivity contribution is 5.08. The Morgan fingerprint density at radius 2 is 2.04 bits per heavy atom. The van der Waals surface area contributed by atoms with Crippen molar-refractivity contribution in [2.45, 2.75) is 25.5 Å². The van der Waals surface area contributed by atoms with Gasteiger partial charge < -0.3 is 14.2 Å². The van der Waals surface area contributed by atoms with Gasteiger partial charge in [-0.25, -0.2) is 0 Å². The second kappa shape index (κ2) is 6.85. The molecule has 3 aliphatic rings. The molecule has 3 saturated heterocycles. The lowest BCUT2D eigenvalue weighted by Crippen LogP contribution is -2.41. The van der Waals surface area contributed by atoms with Crippen molar-refractivity contribution in [1.29, 1.82) is 0 Å². The molecule has 0 radical (unpaired) electrons. The van der Waals surface area contributed by atoms with E-state index in [-0.39, 0.29) is 5.41 Å². The van der Waals surface area contributed by atoms with E-state index in [1.165, 1.54) is 18.4 Å². The molecule has 0 saturated carbocycles. The Morgan fingerprint density at radius 1 is 1.22 bits per heavy atom. The largest absolute Gasteiger partial charge is 0.381 e. The predicted molar refractivity (Wildman–Crippen MR) is 86.0 cm³/mol. The van der Waals surface area contributed by atoms with Gasteiger partial charge in [-0.05, 0) is 30.5 Å². The average Bonchev–Trinajstić information content (AvgIpc) is 3.14. The zero-order chi connectivity index (χ0) is 15.5. The van der Waals surface area contributed by atoms with E-state index in [1.807, 2.05) is 24.5 Å². The number of likely N-dealkylation sites (tertiary alicyclic amines) is 1. The lowest BCUT2D eigenvalue weighted by atomic mass is 9.82. The highest BCUT2D eigenvalue weighted by Crippen LogP contribution is 2.43. The molecule has 0 bridgehead atoms. The van der Waals surface area contributed by atoms with Crippen molar-refractivity contribution < 1.29 is 14.2 Å². The Hall–Kier alpha value is -1.01. The van der Waals surface area contributed by atoms with E-state index in [4.69, 9.17) is 14.2 Å². The van der Waals surface area contributed by atoms with Gasteiger partial charge >= 0.3 is 0 Å². The van der Waals surface area contributed by atoms with E-state index in [9.17, 15) is 0 Å². The van der Waals surface area contributed by atoms with Gasteiger partial charge in [-0.3, -0.25) is 9.88 Å². The van der Waals surface area contributed by atoms with E-state index in [0.717, 1.165) is 46.1 Å². The van der Waals surface area contributed by atoms with Crippen molar-refractivity contribution in [1.82, 2.24) is 9.88 Å². The van der Waals surface area contributed by atoms with Crippen LogP contribution < -0.4 is 0 Å². The van der Waals surface area contributed by atoms with Crippen LogP contribution in [0.15, 0.2) is 24.5 Å². The third-order valence-electron chi connectivity index (χ3n) is 5.66. The molecule has 126 valence electrons. The Balaban J connectivity index is 1.35. The maximum atomic E-state index is 6.08. The van der Waals surface area contributed by atoms with Gasteiger partial charge in [-0.1, -0.05) is 0 Å². The summed E-state index contributed by atoms with van der Waals surface area (Å²) < 4.78 is 17.4. The number of aromatic nitrogens is 1. The molecule has 0 aromatic carbocycles. The summed E-state index contributed by atoms with van der Waals surface area (Å²) in [6.45, 7) is 7.27. The Labute approximate surface area is 137 Å². The summed E-state index contributed by atoms with van der Waals surface area (Å²) in [4.78, 5) is 6.72. The fourth-order valence-electron chi connectivity index (χ4n) is 4.26. The smallest absolute Gasteiger partial charge is 0.0718 e. The molecule has 5 nitrogen and oxygen atoms in total. The van der Waals surface area contributed by atoms with Crippen LogP contribution in [0.25, 0.3) is 0 Å². The molecule has 1 aromatic rings. The minimum atomic E-state index is 0.186. The molecule has 23 heavy (non-hydrogen) atoms. The van der Waals surface area contributed by atoms with Gasteiger partial charge in [0.05, 0.1) is 26.4 Å². The molecule has 3 fully saturated rings. The average molecular weight is 318 g/mol. The SMILES string of the molecule is c1cc(COC[C@@]23COC[C@@H]2CN(C2CCOCC2)C3)ccn1. The van der Waals surface area contributed by atoms with Crippen LogP contribution in [-0.4, -0.2) is 62.0 Å². The van der Waals surface area contributed by atoms with Gasteiger partial charge in [-0.15, -0.1) is 0 Å². The Bertz CT molecular complexity index is 506.